The third-order valence-corrected chi connectivity index (χ3v) is 4.13. The Hall–Kier alpha value is -2.85. The van der Waals surface area contributed by atoms with Crippen molar-refractivity contribution in [1.29, 1.82) is 5.26 Å². The van der Waals surface area contributed by atoms with Crippen molar-refractivity contribution in [1.82, 2.24) is 9.78 Å². The molecule has 0 aliphatic rings. The molecule has 8 heteroatoms. The van der Waals surface area contributed by atoms with Crippen molar-refractivity contribution < 1.29 is 14.3 Å². The fourth-order valence-electron chi connectivity index (χ4n) is 2.40. The number of nitriles is 1. The summed E-state index contributed by atoms with van der Waals surface area (Å²) < 4.78 is 6.81. The minimum absolute atomic E-state index is 0.162. The van der Waals surface area contributed by atoms with Gasteiger partial charge in [-0.2, -0.15) is 10.4 Å². The molecule has 1 aromatic carbocycles. The standard InChI is InChI=1S/C19H21ClN4O3/c1-11(2)10-24-17(20)16(12(3)23-24)19(26)27-13(4)18(25)22-15-7-5-14(9-21)6-8-15/h5-8,11,13H,10H2,1-4H3,(H,22,25)/t13-/m1/s1. The lowest BCUT2D eigenvalue weighted by atomic mass is 10.2. The van der Waals surface area contributed by atoms with Crippen LogP contribution in [0.4, 0.5) is 5.69 Å². The Morgan fingerprint density at radius 2 is 1.93 bits per heavy atom. The first kappa shape index (κ1) is 20.5. The number of rotatable bonds is 6. The lowest BCUT2D eigenvalue weighted by molar-refractivity contribution is -0.123. The lowest BCUT2D eigenvalue weighted by Gasteiger charge is -2.13. The van der Waals surface area contributed by atoms with Gasteiger partial charge in [-0.25, -0.2) is 4.79 Å². The Balaban J connectivity index is 2.05. The van der Waals surface area contributed by atoms with E-state index in [0.717, 1.165) is 0 Å². The zero-order valence-electron chi connectivity index (χ0n) is 15.6. The molecule has 0 saturated carbocycles. The Bertz CT molecular complexity index is 882. The molecule has 0 aliphatic carbocycles. The molecule has 0 bridgehead atoms. The zero-order chi connectivity index (χ0) is 20.1. The van der Waals surface area contributed by atoms with E-state index >= 15 is 0 Å². The van der Waals surface area contributed by atoms with E-state index in [4.69, 9.17) is 21.6 Å². The summed E-state index contributed by atoms with van der Waals surface area (Å²) in [4.78, 5) is 24.7. The molecular weight excluding hydrogens is 368 g/mol. The number of nitrogens with zero attached hydrogens (tertiary/aromatic N) is 3. The summed E-state index contributed by atoms with van der Waals surface area (Å²) in [6, 6.07) is 8.36. The normalized spacial score (nSPS) is 11.7. The average molecular weight is 389 g/mol. The molecule has 7 nitrogen and oxygen atoms in total. The van der Waals surface area contributed by atoms with Gasteiger partial charge in [0, 0.05) is 12.2 Å². The highest BCUT2D eigenvalue weighted by atomic mass is 35.5. The molecule has 0 saturated heterocycles. The fourth-order valence-corrected chi connectivity index (χ4v) is 2.72. The summed E-state index contributed by atoms with van der Waals surface area (Å²) in [5.74, 6) is -0.880. The van der Waals surface area contributed by atoms with Gasteiger partial charge in [0.05, 0.1) is 17.3 Å². The second-order valence-corrected chi connectivity index (χ2v) is 6.91. The fraction of sp³-hybridized carbons (Fsp3) is 0.368. The highest BCUT2D eigenvalue weighted by Crippen LogP contribution is 2.22. The Morgan fingerprint density at radius 1 is 1.30 bits per heavy atom. The van der Waals surface area contributed by atoms with Gasteiger partial charge in [0.25, 0.3) is 5.91 Å². The smallest absolute Gasteiger partial charge is 0.343 e. The molecule has 142 valence electrons. The number of esters is 1. The first-order chi connectivity index (χ1) is 12.7. The highest BCUT2D eigenvalue weighted by molar-refractivity contribution is 6.32. The molecule has 27 heavy (non-hydrogen) atoms. The van der Waals surface area contributed by atoms with E-state index in [1.54, 1.807) is 35.9 Å². The van der Waals surface area contributed by atoms with Crippen LogP contribution in [0, 0.1) is 24.2 Å². The third-order valence-electron chi connectivity index (χ3n) is 3.74. The van der Waals surface area contributed by atoms with Gasteiger partial charge in [-0.05, 0) is 44.0 Å². The van der Waals surface area contributed by atoms with Crippen molar-refractivity contribution in [2.24, 2.45) is 5.92 Å². The number of carbonyl (C=O) groups is 2. The maximum Gasteiger partial charge on any atom is 0.343 e. The highest BCUT2D eigenvalue weighted by Gasteiger charge is 2.26. The molecule has 1 atom stereocenters. The van der Waals surface area contributed by atoms with E-state index in [1.807, 2.05) is 19.9 Å². The molecule has 0 fully saturated rings. The summed E-state index contributed by atoms with van der Waals surface area (Å²) in [6.45, 7) is 7.74. The summed E-state index contributed by atoms with van der Waals surface area (Å²) in [7, 11) is 0. The number of ether oxygens (including phenoxy) is 1. The summed E-state index contributed by atoms with van der Waals surface area (Å²) in [5, 5.41) is 15.9. The molecule has 2 rings (SSSR count). The van der Waals surface area contributed by atoms with Gasteiger partial charge in [0.2, 0.25) is 0 Å². The van der Waals surface area contributed by atoms with Crippen LogP contribution >= 0.6 is 11.6 Å². The maximum atomic E-state index is 12.5. The van der Waals surface area contributed by atoms with Gasteiger partial charge in [0.1, 0.15) is 10.7 Å². The minimum Gasteiger partial charge on any atom is -0.449 e. The minimum atomic E-state index is -1.03. The van der Waals surface area contributed by atoms with Gasteiger partial charge in [0.15, 0.2) is 6.10 Å². The van der Waals surface area contributed by atoms with Gasteiger partial charge in [-0.1, -0.05) is 25.4 Å². The van der Waals surface area contributed by atoms with Gasteiger partial charge >= 0.3 is 5.97 Å². The van der Waals surface area contributed by atoms with Crippen LogP contribution in [0.3, 0.4) is 0 Å². The van der Waals surface area contributed by atoms with E-state index in [-0.39, 0.29) is 10.7 Å². The molecule has 1 aromatic heterocycles. The van der Waals surface area contributed by atoms with Gasteiger partial charge < -0.3 is 10.1 Å². The Labute approximate surface area is 162 Å². The lowest BCUT2D eigenvalue weighted by Crippen LogP contribution is -2.30. The number of aromatic nitrogens is 2. The first-order valence-electron chi connectivity index (χ1n) is 8.47. The van der Waals surface area contributed by atoms with Crippen molar-refractivity contribution in [3.8, 4) is 6.07 Å². The van der Waals surface area contributed by atoms with Crippen LogP contribution in [0.2, 0.25) is 5.15 Å². The number of anilines is 1. The van der Waals surface area contributed by atoms with Crippen LogP contribution in [0.15, 0.2) is 24.3 Å². The van der Waals surface area contributed by atoms with E-state index in [9.17, 15) is 9.59 Å². The first-order valence-corrected chi connectivity index (χ1v) is 8.85. The third kappa shape index (κ3) is 5.08. The maximum absolute atomic E-state index is 12.5. The topological polar surface area (TPSA) is 97.0 Å². The number of hydrogen-bond acceptors (Lipinski definition) is 5. The molecule has 0 radical (unpaired) electrons. The summed E-state index contributed by atoms with van der Waals surface area (Å²) in [5.41, 5.74) is 1.59. The predicted octanol–water partition coefficient (Wildman–Crippen LogP) is 3.56. The van der Waals surface area contributed by atoms with Crippen molar-refractivity contribution >= 4 is 29.2 Å². The molecule has 0 spiro atoms. The van der Waals surface area contributed by atoms with E-state index in [0.29, 0.717) is 29.4 Å². The van der Waals surface area contributed by atoms with Crippen molar-refractivity contribution in [2.45, 2.75) is 40.3 Å². The Morgan fingerprint density at radius 3 is 2.48 bits per heavy atom. The number of aryl methyl sites for hydroxylation is 1. The van der Waals surface area contributed by atoms with Crippen molar-refractivity contribution in [3.05, 3.63) is 46.2 Å². The number of carbonyl (C=O) groups excluding carboxylic acids is 2. The number of hydrogen-bond donors (Lipinski definition) is 1. The van der Waals surface area contributed by atoms with E-state index in [2.05, 4.69) is 10.4 Å². The quantitative estimate of drug-likeness (QED) is 0.763. The molecule has 0 unspecified atom stereocenters. The van der Waals surface area contributed by atoms with Crippen LogP contribution in [0.25, 0.3) is 0 Å². The predicted molar refractivity (Wildman–Crippen MR) is 101 cm³/mol. The average Bonchev–Trinajstić information content (AvgIpc) is 2.88. The second kappa shape index (κ2) is 8.69. The SMILES string of the molecule is Cc1nn(CC(C)C)c(Cl)c1C(=O)O[C@H](C)C(=O)Nc1ccc(C#N)cc1. The van der Waals surface area contributed by atoms with Crippen LogP contribution in [0.5, 0.6) is 0 Å². The molecular formula is C19H21ClN4O3. The van der Waals surface area contributed by atoms with Crippen molar-refractivity contribution in [3.63, 3.8) is 0 Å². The largest absolute Gasteiger partial charge is 0.449 e. The van der Waals surface area contributed by atoms with Crippen LogP contribution in [0.1, 0.15) is 42.4 Å². The van der Waals surface area contributed by atoms with E-state index < -0.39 is 18.0 Å². The monoisotopic (exact) mass is 388 g/mol. The Kier molecular flexibility index (Phi) is 6.59. The zero-order valence-corrected chi connectivity index (χ0v) is 16.4. The van der Waals surface area contributed by atoms with Crippen LogP contribution in [-0.4, -0.2) is 27.8 Å². The molecule has 1 heterocycles. The van der Waals surface area contributed by atoms with Crippen LogP contribution in [-0.2, 0) is 16.1 Å². The van der Waals surface area contributed by atoms with Gasteiger partial charge in [-0.3, -0.25) is 9.48 Å². The van der Waals surface area contributed by atoms with Crippen molar-refractivity contribution in [2.75, 3.05) is 5.32 Å². The number of nitrogens with one attached hydrogen (secondary N) is 1. The van der Waals surface area contributed by atoms with Crippen LogP contribution < -0.4 is 5.32 Å². The molecule has 2 aromatic rings. The summed E-state index contributed by atoms with van der Waals surface area (Å²) >= 11 is 6.26. The number of benzene rings is 1. The number of amides is 1. The molecule has 0 aliphatic heterocycles. The second-order valence-electron chi connectivity index (χ2n) is 6.55. The summed E-state index contributed by atoms with van der Waals surface area (Å²) in [6.07, 6.45) is -1.03. The molecule has 1 amide bonds. The van der Waals surface area contributed by atoms with E-state index in [1.165, 1.54) is 6.92 Å². The number of halogens is 1. The molecule has 1 N–H and O–H groups in total. The van der Waals surface area contributed by atoms with Gasteiger partial charge in [-0.15, -0.1) is 0 Å².